The van der Waals surface area contributed by atoms with E-state index in [-0.39, 0.29) is 12.5 Å². The first-order chi connectivity index (χ1) is 14.2. The minimum absolute atomic E-state index is 0.173. The molecule has 1 atom stereocenters. The molecule has 6 nitrogen and oxygen atoms in total. The number of β-amino-alcohol motifs (C(OH)–C–C–N with tert-alkyl or cyclic N) is 1. The van der Waals surface area contributed by atoms with Crippen LogP contribution in [-0.2, 0) is 19.5 Å². The number of aliphatic hydroxyl groups is 1. The summed E-state index contributed by atoms with van der Waals surface area (Å²) in [6, 6.07) is 10.3. The van der Waals surface area contributed by atoms with Crippen LogP contribution in [0.25, 0.3) is 0 Å². The van der Waals surface area contributed by atoms with E-state index in [1.165, 1.54) is 24.0 Å². The minimum atomic E-state index is -0.598. The molecule has 0 radical (unpaired) electrons. The fraction of sp³-hybridized carbons (Fsp3) is 0.478. The van der Waals surface area contributed by atoms with E-state index >= 15 is 0 Å². The number of hydrogen-bond donors (Lipinski definition) is 3. The van der Waals surface area contributed by atoms with Gasteiger partial charge in [-0.25, -0.2) is 0 Å². The maximum atomic E-state index is 12.5. The normalized spacial score (nSPS) is 18.4. The lowest BCUT2D eigenvalue weighted by Crippen LogP contribution is -2.38. The molecule has 0 aliphatic carbocycles. The number of hydrogen-bond acceptors (Lipinski definition) is 5. The molecule has 4 rings (SSSR count). The average Bonchev–Trinajstić information content (AvgIpc) is 3.15. The van der Waals surface area contributed by atoms with Crippen molar-refractivity contribution in [3.05, 3.63) is 65.0 Å². The molecule has 6 heteroatoms. The molecule has 0 unspecified atom stereocenters. The Labute approximate surface area is 172 Å². The van der Waals surface area contributed by atoms with Crippen molar-refractivity contribution in [2.75, 3.05) is 26.2 Å². The Kier molecular flexibility index (Phi) is 6.54. The highest BCUT2D eigenvalue weighted by molar-refractivity contribution is 5.94. The van der Waals surface area contributed by atoms with E-state index in [0.717, 1.165) is 38.2 Å². The molecule has 1 aromatic carbocycles. The van der Waals surface area contributed by atoms with Crippen molar-refractivity contribution in [1.29, 1.82) is 0 Å². The van der Waals surface area contributed by atoms with Crippen LogP contribution in [0.5, 0.6) is 0 Å². The number of pyridine rings is 1. The summed E-state index contributed by atoms with van der Waals surface area (Å²) in [6.45, 7) is 4.62. The molecular formula is C23H30N4O2. The number of amides is 1. The Bertz CT molecular complexity index is 810. The second-order valence-corrected chi connectivity index (χ2v) is 8.28. The lowest BCUT2D eigenvalue weighted by Gasteiger charge is -2.22. The van der Waals surface area contributed by atoms with Crippen LogP contribution in [0.1, 0.15) is 39.9 Å². The summed E-state index contributed by atoms with van der Waals surface area (Å²) in [5.74, 6) is 0.483. The Hall–Kier alpha value is -2.28. The second kappa shape index (κ2) is 9.48. The highest BCUT2D eigenvalue weighted by Crippen LogP contribution is 2.22. The quantitative estimate of drug-likeness (QED) is 0.667. The molecule has 1 saturated heterocycles. The SMILES string of the molecule is O=C(NC[C@H](O)CN1Cc2ccccc2C1)c1cncc(CC2CCNCC2)c1. The van der Waals surface area contributed by atoms with E-state index < -0.39 is 6.10 Å². The van der Waals surface area contributed by atoms with Gasteiger partial charge in [0, 0.05) is 38.6 Å². The Balaban J connectivity index is 1.24. The molecule has 154 valence electrons. The molecule has 1 aromatic heterocycles. The van der Waals surface area contributed by atoms with Gasteiger partial charge in [-0.3, -0.25) is 14.7 Å². The third kappa shape index (κ3) is 5.41. The van der Waals surface area contributed by atoms with E-state index in [1.807, 2.05) is 24.4 Å². The minimum Gasteiger partial charge on any atom is -0.390 e. The molecule has 0 saturated carbocycles. The van der Waals surface area contributed by atoms with Gasteiger partial charge in [-0.1, -0.05) is 24.3 Å². The zero-order chi connectivity index (χ0) is 20.1. The van der Waals surface area contributed by atoms with Gasteiger partial charge in [0.15, 0.2) is 0 Å². The molecule has 1 fully saturated rings. The van der Waals surface area contributed by atoms with Gasteiger partial charge in [0.05, 0.1) is 11.7 Å². The summed E-state index contributed by atoms with van der Waals surface area (Å²) in [5, 5.41) is 16.6. The average molecular weight is 395 g/mol. The molecular weight excluding hydrogens is 364 g/mol. The number of piperidine rings is 1. The van der Waals surface area contributed by atoms with Crippen LogP contribution in [0.3, 0.4) is 0 Å². The smallest absolute Gasteiger partial charge is 0.252 e. The Morgan fingerprint density at radius 3 is 2.66 bits per heavy atom. The van der Waals surface area contributed by atoms with Gasteiger partial charge in [-0.05, 0) is 61.0 Å². The molecule has 2 aliphatic rings. The monoisotopic (exact) mass is 394 g/mol. The molecule has 0 bridgehead atoms. The van der Waals surface area contributed by atoms with E-state index in [4.69, 9.17) is 0 Å². The summed E-state index contributed by atoms with van der Waals surface area (Å²) < 4.78 is 0. The van der Waals surface area contributed by atoms with Crippen molar-refractivity contribution in [3.8, 4) is 0 Å². The molecule has 3 N–H and O–H groups in total. The number of carbonyl (C=O) groups excluding carboxylic acids is 1. The van der Waals surface area contributed by atoms with Gasteiger partial charge < -0.3 is 15.7 Å². The van der Waals surface area contributed by atoms with Crippen molar-refractivity contribution in [3.63, 3.8) is 0 Å². The first-order valence-electron chi connectivity index (χ1n) is 10.6. The van der Waals surface area contributed by atoms with Crippen molar-refractivity contribution >= 4 is 5.91 Å². The number of aromatic nitrogens is 1. The lowest BCUT2D eigenvalue weighted by atomic mass is 9.91. The highest BCUT2D eigenvalue weighted by Gasteiger charge is 2.21. The number of benzene rings is 1. The third-order valence-corrected chi connectivity index (χ3v) is 5.91. The van der Waals surface area contributed by atoms with Crippen LogP contribution >= 0.6 is 0 Å². The third-order valence-electron chi connectivity index (χ3n) is 5.91. The number of carbonyl (C=O) groups is 1. The number of rotatable bonds is 7. The number of nitrogens with one attached hydrogen (secondary N) is 2. The molecule has 2 aromatic rings. The lowest BCUT2D eigenvalue weighted by molar-refractivity contribution is 0.0855. The zero-order valence-corrected chi connectivity index (χ0v) is 16.8. The van der Waals surface area contributed by atoms with E-state index in [9.17, 15) is 9.90 Å². The predicted molar refractivity (Wildman–Crippen MR) is 112 cm³/mol. The van der Waals surface area contributed by atoms with E-state index in [1.54, 1.807) is 6.20 Å². The maximum Gasteiger partial charge on any atom is 0.252 e. The number of aliphatic hydroxyl groups excluding tert-OH is 1. The van der Waals surface area contributed by atoms with Crippen molar-refractivity contribution in [2.45, 2.75) is 38.5 Å². The van der Waals surface area contributed by atoms with Crippen LogP contribution in [0.4, 0.5) is 0 Å². The van der Waals surface area contributed by atoms with Crippen molar-refractivity contribution in [2.24, 2.45) is 5.92 Å². The second-order valence-electron chi connectivity index (χ2n) is 8.28. The molecule has 1 amide bonds. The molecule has 2 aliphatic heterocycles. The summed E-state index contributed by atoms with van der Waals surface area (Å²) in [7, 11) is 0. The number of nitrogens with zero attached hydrogens (tertiary/aromatic N) is 2. The van der Waals surface area contributed by atoms with Gasteiger partial charge in [-0.15, -0.1) is 0 Å². The number of fused-ring (bicyclic) bond motifs is 1. The summed E-state index contributed by atoms with van der Waals surface area (Å²) in [5.41, 5.74) is 4.32. The highest BCUT2D eigenvalue weighted by atomic mass is 16.3. The first-order valence-corrected chi connectivity index (χ1v) is 10.6. The predicted octanol–water partition coefficient (Wildman–Crippen LogP) is 1.73. The van der Waals surface area contributed by atoms with Crippen molar-refractivity contribution in [1.82, 2.24) is 20.5 Å². The maximum absolute atomic E-state index is 12.5. The zero-order valence-electron chi connectivity index (χ0n) is 16.8. The van der Waals surface area contributed by atoms with Gasteiger partial charge in [-0.2, -0.15) is 0 Å². The molecule has 0 spiro atoms. The van der Waals surface area contributed by atoms with Crippen LogP contribution in [-0.4, -0.2) is 53.2 Å². The molecule has 29 heavy (non-hydrogen) atoms. The first kappa shape index (κ1) is 20.0. The largest absolute Gasteiger partial charge is 0.390 e. The Morgan fingerprint density at radius 1 is 1.21 bits per heavy atom. The Morgan fingerprint density at radius 2 is 1.93 bits per heavy atom. The standard InChI is InChI=1S/C23H30N4O2/c28-22(16-27-14-19-3-1-2-4-20(19)15-27)13-26-23(29)21-10-18(11-25-12-21)9-17-5-7-24-8-6-17/h1-4,10-12,17,22,24,28H,5-9,13-16H2,(H,26,29)/t22-/m0/s1. The van der Waals surface area contributed by atoms with Crippen LogP contribution in [0, 0.1) is 5.92 Å². The van der Waals surface area contributed by atoms with Crippen LogP contribution < -0.4 is 10.6 Å². The van der Waals surface area contributed by atoms with Gasteiger partial charge in [0.25, 0.3) is 5.91 Å². The van der Waals surface area contributed by atoms with E-state index in [0.29, 0.717) is 18.0 Å². The summed E-state index contributed by atoms with van der Waals surface area (Å²) >= 11 is 0. The van der Waals surface area contributed by atoms with Gasteiger partial charge >= 0.3 is 0 Å². The fourth-order valence-corrected chi connectivity index (χ4v) is 4.35. The van der Waals surface area contributed by atoms with Crippen LogP contribution in [0.2, 0.25) is 0 Å². The van der Waals surface area contributed by atoms with Gasteiger partial charge in [0.1, 0.15) is 0 Å². The van der Waals surface area contributed by atoms with Gasteiger partial charge in [0.2, 0.25) is 0 Å². The molecule has 3 heterocycles. The summed E-state index contributed by atoms with van der Waals surface area (Å²) in [6.07, 6.45) is 6.17. The van der Waals surface area contributed by atoms with Crippen LogP contribution in [0.15, 0.2) is 42.7 Å². The van der Waals surface area contributed by atoms with Crippen molar-refractivity contribution < 1.29 is 9.90 Å². The fourth-order valence-electron chi connectivity index (χ4n) is 4.35. The summed E-state index contributed by atoms with van der Waals surface area (Å²) in [4.78, 5) is 19.0. The van der Waals surface area contributed by atoms with E-state index in [2.05, 4.69) is 32.7 Å². The topological polar surface area (TPSA) is 77.5 Å².